The van der Waals surface area contributed by atoms with Crippen LogP contribution in [0.1, 0.15) is 11.1 Å². The van der Waals surface area contributed by atoms with E-state index < -0.39 is 10.0 Å². The predicted octanol–water partition coefficient (Wildman–Crippen LogP) is 2.64. The Labute approximate surface area is 155 Å². The quantitative estimate of drug-likeness (QED) is 0.542. The molecule has 0 bridgehead atoms. The number of anilines is 1. The minimum Gasteiger partial charge on any atom is -0.285 e. The van der Waals surface area contributed by atoms with Crippen molar-refractivity contribution in [2.45, 2.75) is 11.3 Å². The fraction of sp³-hybridized carbons (Fsp3) is 0.111. The van der Waals surface area contributed by atoms with E-state index in [1.54, 1.807) is 24.3 Å². The van der Waals surface area contributed by atoms with Gasteiger partial charge in [-0.3, -0.25) is 9.51 Å². The summed E-state index contributed by atoms with van der Waals surface area (Å²) in [6, 6.07) is 11.6. The van der Waals surface area contributed by atoms with Crippen LogP contribution in [0.3, 0.4) is 0 Å². The Bertz CT molecular complexity index is 1200. The summed E-state index contributed by atoms with van der Waals surface area (Å²) in [4.78, 5) is 0.0656. The largest absolute Gasteiger partial charge is 0.285 e. The number of benzene rings is 2. The molecule has 0 aliphatic carbocycles. The second-order valence-electron chi connectivity index (χ2n) is 6.01. The minimum absolute atomic E-state index is 0.0656. The molecule has 0 fully saturated rings. The van der Waals surface area contributed by atoms with Gasteiger partial charge < -0.3 is 0 Å². The van der Waals surface area contributed by atoms with Crippen molar-refractivity contribution in [3.8, 4) is 6.07 Å². The molecule has 0 spiro atoms. The van der Waals surface area contributed by atoms with Crippen LogP contribution in [0.4, 0.5) is 5.69 Å². The first kappa shape index (κ1) is 16.6. The third-order valence-corrected chi connectivity index (χ3v) is 6.51. The highest BCUT2D eigenvalue weighted by Crippen LogP contribution is 2.36. The lowest BCUT2D eigenvalue weighted by Crippen LogP contribution is -2.30. The molecule has 2 heterocycles. The summed E-state index contributed by atoms with van der Waals surface area (Å²) in [5, 5.41) is 19.9. The van der Waals surface area contributed by atoms with E-state index in [2.05, 4.69) is 0 Å². The molecule has 4 rings (SSSR count). The lowest BCUT2D eigenvalue weighted by molar-refractivity contribution is -0.903. The normalized spacial score (nSPS) is 13.6. The van der Waals surface area contributed by atoms with Gasteiger partial charge in [0.2, 0.25) is 12.4 Å². The first-order valence-electron chi connectivity index (χ1n) is 7.80. The summed E-state index contributed by atoms with van der Waals surface area (Å²) in [5.74, 6) is 0. The molecule has 0 amide bonds. The number of rotatable bonds is 2. The van der Waals surface area contributed by atoms with E-state index in [1.807, 2.05) is 6.07 Å². The third kappa shape index (κ3) is 2.55. The fourth-order valence-electron chi connectivity index (χ4n) is 3.24. The highest BCUT2D eigenvalue weighted by atomic mass is 35.5. The van der Waals surface area contributed by atoms with Crippen molar-refractivity contribution in [3.63, 3.8) is 0 Å². The van der Waals surface area contributed by atoms with Crippen LogP contribution in [0.25, 0.3) is 10.8 Å². The summed E-state index contributed by atoms with van der Waals surface area (Å²) in [6.45, 7) is 0.299. The zero-order chi connectivity index (χ0) is 18.5. The van der Waals surface area contributed by atoms with Gasteiger partial charge in [0.05, 0.1) is 27.6 Å². The Morgan fingerprint density at radius 3 is 2.81 bits per heavy atom. The smallest absolute Gasteiger partial charge is 0.265 e. The molecule has 1 aromatic heterocycles. The van der Waals surface area contributed by atoms with Gasteiger partial charge in [0.1, 0.15) is 0 Å². The van der Waals surface area contributed by atoms with Gasteiger partial charge in [-0.2, -0.15) is 5.26 Å². The molecular formula is C18H13ClN3O3S+. The second-order valence-corrected chi connectivity index (χ2v) is 8.28. The summed E-state index contributed by atoms with van der Waals surface area (Å²) < 4.78 is 28.9. The third-order valence-electron chi connectivity index (χ3n) is 4.44. The SMILES string of the molecule is N#Cc1ccc2c(c1)N(S(=O)(=O)c1cc(Cl)cc3c[n+](O)ccc13)CC2. The Hall–Kier alpha value is -2.82. The van der Waals surface area contributed by atoms with Crippen LogP contribution < -0.4 is 9.04 Å². The molecule has 3 aromatic rings. The van der Waals surface area contributed by atoms with Gasteiger partial charge >= 0.3 is 0 Å². The Morgan fingerprint density at radius 2 is 2.04 bits per heavy atom. The van der Waals surface area contributed by atoms with E-state index in [0.717, 1.165) is 10.3 Å². The molecule has 1 aliphatic heterocycles. The Balaban J connectivity index is 1.93. The van der Waals surface area contributed by atoms with Crippen LogP contribution in [-0.4, -0.2) is 20.2 Å². The molecule has 0 saturated carbocycles. The maximum absolute atomic E-state index is 13.4. The highest BCUT2D eigenvalue weighted by Gasteiger charge is 2.33. The maximum atomic E-state index is 13.4. The van der Waals surface area contributed by atoms with Crippen LogP contribution in [0, 0.1) is 11.3 Å². The zero-order valence-electron chi connectivity index (χ0n) is 13.4. The fourth-order valence-corrected chi connectivity index (χ4v) is 5.27. The number of nitrogens with zero attached hydrogens (tertiary/aromatic N) is 3. The van der Waals surface area contributed by atoms with Gasteiger partial charge in [0.25, 0.3) is 10.0 Å². The maximum Gasteiger partial charge on any atom is 0.265 e. The van der Waals surface area contributed by atoms with Gasteiger partial charge in [0.15, 0.2) is 0 Å². The zero-order valence-corrected chi connectivity index (χ0v) is 15.0. The Morgan fingerprint density at radius 1 is 1.23 bits per heavy atom. The number of halogens is 1. The van der Waals surface area contributed by atoms with E-state index in [9.17, 15) is 13.6 Å². The van der Waals surface area contributed by atoms with Gasteiger partial charge in [-0.15, -0.1) is 0 Å². The summed E-state index contributed by atoms with van der Waals surface area (Å²) in [7, 11) is -3.89. The van der Waals surface area contributed by atoms with Crippen LogP contribution in [0.2, 0.25) is 5.02 Å². The van der Waals surface area contributed by atoms with Crippen LogP contribution in [0.15, 0.2) is 53.7 Å². The van der Waals surface area contributed by atoms with Crippen LogP contribution in [0.5, 0.6) is 0 Å². The minimum atomic E-state index is -3.89. The topological polar surface area (TPSA) is 85.3 Å². The molecule has 1 aliphatic rings. The lowest BCUT2D eigenvalue weighted by Gasteiger charge is -2.20. The summed E-state index contributed by atoms with van der Waals surface area (Å²) in [5.41, 5.74) is 1.81. The standard InChI is InChI=1S/C18H13ClN3O3S/c19-15-8-14-11-21(23)5-4-16(14)18(9-15)26(24,25)22-6-3-13-2-1-12(10-20)7-17(13)22/h1-2,4-5,7-9,11,23H,3,6H2/q+1. The van der Waals surface area contributed by atoms with E-state index >= 15 is 0 Å². The van der Waals surface area contributed by atoms with Crippen molar-refractivity contribution in [1.82, 2.24) is 0 Å². The van der Waals surface area contributed by atoms with Crippen molar-refractivity contribution in [1.29, 1.82) is 5.26 Å². The molecule has 8 heteroatoms. The van der Waals surface area contributed by atoms with Gasteiger partial charge in [0, 0.05) is 27.8 Å². The van der Waals surface area contributed by atoms with Gasteiger partial charge in [-0.25, -0.2) is 8.42 Å². The average Bonchev–Trinajstić information content (AvgIpc) is 3.04. The van der Waals surface area contributed by atoms with Crippen molar-refractivity contribution >= 4 is 38.1 Å². The number of fused-ring (bicyclic) bond motifs is 2. The molecule has 6 nitrogen and oxygen atoms in total. The molecule has 0 atom stereocenters. The van der Waals surface area contributed by atoms with E-state index in [0.29, 0.717) is 35.0 Å². The molecule has 0 saturated heterocycles. The Kier molecular flexibility index (Phi) is 3.75. The second kappa shape index (κ2) is 5.87. The highest BCUT2D eigenvalue weighted by molar-refractivity contribution is 7.93. The molecule has 1 N–H and O–H groups in total. The van der Waals surface area contributed by atoms with Gasteiger partial charge in [-0.05, 0) is 36.2 Å². The van der Waals surface area contributed by atoms with Crippen LogP contribution >= 0.6 is 11.6 Å². The molecule has 2 aromatic carbocycles. The van der Waals surface area contributed by atoms with Crippen molar-refractivity contribution < 1.29 is 18.4 Å². The summed E-state index contributed by atoms with van der Waals surface area (Å²) >= 11 is 6.12. The first-order chi connectivity index (χ1) is 12.4. The predicted molar refractivity (Wildman–Crippen MR) is 95.7 cm³/mol. The van der Waals surface area contributed by atoms with E-state index in [4.69, 9.17) is 16.9 Å². The molecule has 130 valence electrons. The van der Waals surface area contributed by atoms with Gasteiger partial charge in [-0.1, -0.05) is 17.7 Å². The average molecular weight is 387 g/mol. The molecule has 0 unspecified atom stereocenters. The lowest BCUT2D eigenvalue weighted by atomic mass is 10.1. The summed E-state index contributed by atoms with van der Waals surface area (Å²) in [6.07, 6.45) is 3.34. The van der Waals surface area contributed by atoms with E-state index in [-0.39, 0.29) is 9.92 Å². The number of pyridine rings is 1. The number of nitriles is 1. The van der Waals surface area contributed by atoms with Crippen molar-refractivity contribution in [2.75, 3.05) is 10.8 Å². The van der Waals surface area contributed by atoms with Crippen LogP contribution in [-0.2, 0) is 16.4 Å². The van der Waals surface area contributed by atoms with E-state index in [1.165, 1.54) is 28.8 Å². The van der Waals surface area contributed by atoms with Crippen molar-refractivity contribution in [3.05, 3.63) is 64.9 Å². The first-order valence-corrected chi connectivity index (χ1v) is 9.61. The molecule has 26 heavy (non-hydrogen) atoms. The monoisotopic (exact) mass is 386 g/mol. The van der Waals surface area contributed by atoms with Crippen molar-refractivity contribution in [2.24, 2.45) is 0 Å². The molecular weight excluding hydrogens is 374 g/mol. The number of sulfonamides is 1. The number of hydrogen-bond acceptors (Lipinski definition) is 4. The molecule has 0 radical (unpaired) electrons. The number of aromatic nitrogens is 1. The number of hydrogen-bond donors (Lipinski definition) is 1.